The number of alkyl halides is 2. The molecule has 0 saturated carbocycles. The van der Waals surface area contributed by atoms with Crippen molar-refractivity contribution in [3.8, 4) is 0 Å². The number of halogens is 2. The second-order valence-corrected chi connectivity index (χ2v) is 10.2. The van der Waals surface area contributed by atoms with E-state index >= 15 is 0 Å². The first-order valence-corrected chi connectivity index (χ1v) is 13.4. The lowest BCUT2D eigenvalue weighted by atomic mass is 10.0. The predicted octanol–water partition coefficient (Wildman–Crippen LogP) is 3.84. The Morgan fingerprint density at radius 3 is 1.47 bits per heavy atom. The van der Waals surface area contributed by atoms with Crippen molar-refractivity contribution in [2.75, 3.05) is 75.5 Å². The predicted molar refractivity (Wildman–Crippen MR) is 149 cm³/mol. The van der Waals surface area contributed by atoms with Gasteiger partial charge >= 0.3 is 0 Å². The molecule has 2 aliphatic heterocycles. The van der Waals surface area contributed by atoms with Gasteiger partial charge in [-0.2, -0.15) is 0 Å². The summed E-state index contributed by atoms with van der Waals surface area (Å²) < 4.78 is 28.6. The molecule has 2 aliphatic rings. The number of hydrogen-bond donors (Lipinski definition) is 2. The lowest BCUT2D eigenvalue weighted by molar-refractivity contribution is -0.131. The molecule has 2 aromatic heterocycles. The number of fused-ring (bicyclic) bond motifs is 2. The van der Waals surface area contributed by atoms with Gasteiger partial charge in [-0.1, -0.05) is 24.3 Å². The van der Waals surface area contributed by atoms with Crippen molar-refractivity contribution in [1.29, 1.82) is 0 Å². The highest BCUT2D eigenvalue weighted by Gasteiger charge is 2.37. The van der Waals surface area contributed by atoms with Crippen LogP contribution >= 0.6 is 0 Å². The molecule has 6 rings (SSSR count). The van der Waals surface area contributed by atoms with E-state index in [0.717, 1.165) is 33.2 Å². The molecule has 2 atom stereocenters. The molecule has 9 heteroatoms. The summed E-state index contributed by atoms with van der Waals surface area (Å²) in [6.45, 7) is 3.39. The zero-order valence-electron chi connectivity index (χ0n) is 21.5. The topological polar surface area (TPSA) is 61.6 Å². The summed E-state index contributed by atoms with van der Waals surface area (Å²) in [5.41, 5.74) is 4.40. The minimum atomic E-state index is -0.912. The van der Waals surface area contributed by atoms with Crippen molar-refractivity contribution < 1.29 is 13.6 Å². The van der Waals surface area contributed by atoms with Crippen LogP contribution in [-0.4, -0.2) is 103 Å². The maximum atomic E-state index is 14.3. The monoisotopic (exact) mass is 520 g/mol. The molecule has 2 saturated heterocycles. The number of nitrogens with one attached hydrogen (secondary N) is 2. The van der Waals surface area contributed by atoms with E-state index in [2.05, 4.69) is 44.0 Å². The van der Waals surface area contributed by atoms with Crippen LogP contribution < -0.4 is 9.80 Å². The van der Waals surface area contributed by atoms with Crippen LogP contribution in [0, 0.1) is 0 Å². The van der Waals surface area contributed by atoms with Gasteiger partial charge in [0.2, 0.25) is 0 Å². The number of anilines is 2. The van der Waals surface area contributed by atoms with Crippen molar-refractivity contribution in [3.05, 3.63) is 60.9 Å². The number of piperazine rings is 2. The van der Waals surface area contributed by atoms with Crippen LogP contribution in [0.1, 0.15) is 0 Å². The minimum absolute atomic E-state index is 0.338. The number of aromatic amines is 2. The van der Waals surface area contributed by atoms with E-state index in [-0.39, 0.29) is 5.78 Å². The third-order valence-electron chi connectivity index (χ3n) is 8.27. The van der Waals surface area contributed by atoms with Gasteiger partial charge < -0.3 is 19.8 Å². The molecule has 7 nitrogen and oxygen atoms in total. The van der Waals surface area contributed by atoms with E-state index in [0.29, 0.717) is 52.4 Å². The molecule has 0 bridgehead atoms. The lowest BCUT2D eigenvalue weighted by Crippen LogP contribution is -2.60. The summed E-state index contributed by atoms with van der Waals surface area (Å²) in [6, 6.07) is 14.7. The fourth-order valence-electron chi connectivity index (χ4n) is 6.14. The minimum Gasteiger partial charge on any atom is -0.367 e. The molecular formula is C29H34F2N6O. The summed E-state index contributed by atoms with van der Waals surface area (Å²) in [4.78, 5) is 28.4. The van der Waals surface area contributed by atoms with Crippen molar-refractivity contribution in [2.24, 2.45) is 0 Å². The average molecular weight is 521 g/mol. The number of H-pyrrole nitrogens is 2. The normalized spacial score (nSPS) is 19.3. The van der Waals surface area contributed by atoms with Crippen LogP contribution in [0.5, 0.6) is 0 Å². The first-order chi connectivity index (χ1) is 18.7. The van der Waals surface area contributed by atoms with Gasteiger partial charge in [-0.15, -0.1) is 0 Å². The third-order valence-corrected chi connectivity index (χ3v) is 8.27. The van der Waals surface area contributed by atoms with Gasteiger partial charge in [0.25, 0.3) is 0 Å². The highest BCUT2D eigenvalue weighted by atomic mass is 19.1. The zero-order valence-corrected chi connectivity index (χ0v) is 21.5. The smallest absolute Gasteiger partial charge is 0.172 e. The van der Waals surface area contributed by atoms with Gasteiger partial charge in [-0.05, 0) is 24.3 Å². The maximum absolute atomic E-state index is 14.3. The molecule has 0 amide bonds. The number of carbonyl (C=O) groups is 1. The van der Waals surface area contributed by atoms with E-state index < -0.39 is 25.4 Å². The van der Waals surface area contributed by atoms with Crippen LogP contribution in [0.3, 0.4) is 0 Å². The van der Waals surface area contributed by atoms with E-state index in [1.165, 1.54) is 0 Å². The molecule has 4 aromatic rings. The lowest BCUT2D eigenvalue weighted by Gasteiger charge is -2.42. The average Bonchev–Trinajstić information content (AvgIpc) is 3.64. The summed E-state index contributed by atoms with van der Waals surface area (Å²) in [5, 5.41) is 2.30. The van der Waals surface area contributed by atoms with E-state index in [9.17, 15) is 13.6 Å². The summed E-state index contributed by atoms with van der Waals surface area (Å²) in [6.07, 6.45) is 3.86. The highest BCUT2D eigenvalue weighted by molar-refractivity contribution is 5.92. The Balaban J connectivity index is 1.09. The van der Waals surface area contributed by atoms with Gasteiger partial charge in [-0.25, -0.2) is 8.78 Å². The first kappa shape index (κ1) is 24.9. The molecule has 0 radical (unpaired) electrons. The molecule has 2 unspecified atom stereocenters. The Labute approximate surface area is 221 Å². The summed E-state index contributed by atoms with van der Waals surface area (Å²) in [7, 11) is 0. The van der Waals surface area contributed by atoms with Gasteiger partial charge in [-0.3, -0.25) is 14.6 Å². The van der Waals surface area contributed by atoms with E-state index in [1.807, 2.05) is 46.5 Å². The largest absolute Gasteiger partial charge is 0.367 e. The van der Waals surface area contributed by atoms with Gasteiger partial charge in [0, 0.05) is 75.5 Å². The second-order valence-electron chi connectivity index (χ2n) is 10.2. The molecule has 0 aliphatic carbocycles. The standard InChI is InChI=1S/C29H34F2N6O/c30-19-25(36-15-11-34(12-16-36)23-5-1-3-21-7-9-32-27(21)23)29(38)26(20-31)37-17-13-35(14-18-37)24-6-2-4-22-8-10-33-28(22)24/h1-10,25-26,32-33H,11-20H2. The number of para-hydroxylation sites is 2. The number of hydrogen-bond acceptors (Lipinski definition) is 5. The van der Waals surface area contributed by atoms with Crippen LogP contribution in [0.15, 0.2) is 60.9 Å². The maximum Gasteiger partial charge on any atom is 0.172 e. The zero-order chi connectivity index (χ0) is 26.1. The summed E-state index contributed by atoms with van der Waals surface area (Å²) >= 11 is 0. The number of nitrogens with zero attached hydrogens (tertiary/aromatic N) is 4. The van der Waals surface area contributed by atoms with E-state index in [1.54, 1.807) is 0 Å². The number of carbonyl (C=O) groups excluding carboxylic acids is 1. The Morgan fingerprint density at radius 2 is 1.08 bits per heavy atom. The fourth-order valence-corrected chi connectivity index (χ4v) is 6.14. The van der Waals surface area contributed by atoms with Crippen molar-refractivity contribution >= 4 is 39.0 Å². The molecular weight excluding hydrogens is 486 g/mol. The molecule has 0 spiro atoms. The van der Waals surface area contributed by atoms with Gasteiger partial charge in [0.1, 0.15) is 13.3 Å². The van der Waals surface area contributed by atoms with Crippen LogP contribution in [0.2, 0.25) is 0 Å². The molecule has 2 fully saturated rings. The molecule has 38 heavy (non-hydrogen) atoms. The van der Waals surface area contributed by atoms with Crippen molar-refractivity contribution in [3.63, 3.8) is 0 Å². The molecule has 200 valence electrons. The third kappa shape index (κ3) is 4.54. The molecule has 4 heterocycles. The van der Waals surface area contributed by atoms with Crippen LogP contribution in [0.4, 0.5) is 20.2 Å². The first-order valence-electron chi connectivity index (χ1n) is 13.4. The quantitative estimate of drug-likeness (QED) is 0.370. The van der Waals surface area contributed by atoms with Crippen LogP contribution in [-0.2, 0) is 4.79 Å². The SMILES string of the molecule is O=C(C(CF)N1CCN(c2cccc3cc[nH]c23)CC1)C(CF)N1CCN(c2cccc3cc[nH]c23)CC1. The Kier molecular flexibility index (Phi) is 7.04. The van der Waals surface area contributed by atoms with Crippen LogP contribution in [0.25, 0.3) is 21.8 Å². The van der Waals surface area contributed by atoms with Crippen molar-refractivity contribution in [2.45, 2.75) is 12.1 Å². The van der Waals surface area contributed by atoms with E-state index in [4.69, 9.17) is 0 Å². The molecule has 2 N–H and O–H groups in total. The molecule has 2 aromatic carbocycles. The fraction of sp³-hybridized carbons (Fsp3) is 0.414. The van der Waals surface area contributed by atoms with Gasteiger partial charge in [0.05, 0.1) is 34.5 Å². The Bertz CT molecular complexity index is 1280. The number of rotatable bonds is 8. The summed E-state index contributed by atoms with van der Waals surface area (Å²) in [5.74, 6) is -0.338. The Hall–Kier alpha value is -3.43. The number of benzene rings is 2. The number of Topliss-reactive ketones (excluding diaryl/α,β-unsaturated/α-hetero) is 1. The van der Waals surface area contributed by atoms with Crippen molar-refractivity contribution in [1.82, 2.24) is 19.8 Å². The highest BCUT2D eigenvalue weighted by Crippen LogP contribution is 2.28. The van der Waals surface area contributed by atoms with Gasteiger partial charge in [0.15, 0.2) is 5.78 Å². The Morgan fingerprint density at radius 1 is 0.658 bits per heavy atom. The number of aromatic nitrogens is 2. The second kappa shape index (κ2) is 10.7. The number of ketones is 1.